The van der Waals surface area contributed by atoms with Gasteiger partial charge in [-0.1, -0.05) is 19.8 Å². The Morgan fingerprint density at radius 1 is 1.47 bits per heavy atom. The lowest BCUT2D eigenvalue weighted by atomic mass is 10.0. The van der Waals surface area contributed by atoms with E-state index in [9.17, 15) is 5.11 Å². The van der Waals surface area contributed by atoms with Crippen LogP contribution >= 0.6 is 0 Å². The van der Waals surface area contributed by atoms with Crippen molar-refractivity contribution in [3.63, 3.8) is 0 Å². The van der Waals surface area contributed by atoms with Crippen LogP contribution in [-0.4, -0.2) is 26.8 Å². The second kappa shape index (κ2) is 5.65. The number of aromatic nitrogens is 2. The fourth-order valence-electron chi connectivity index (χ4n) is 2.57. The normalized spacial score (nSPS) is 18.7. The minimum Gasteiger partial charge on any atom is -0.389 e. The van der Waals surface area contributed by atoms with Crippen molar-refractivity contribution in [2.24, 2.45) is 0 Å². The van der Waals surface area contributed by atoms with Crippen molar-refractivity contribution in [2.75, 3.05) is 6.54 Å². The van der Waals surface area contributed by atoms with Crippen molar-refractivity contribution in [3.8, 4) is 0 Å². The van der Waals surface area contributed by atoms with Crippen LogP contribution in [0.3, 0.4) is 0 Å². The number of nitrogens with one attached hydrogen (secondary N) is 1. The maximum absolute atomic E-state index is 10.2. The molecule has 1 fully saturated rings. The van der Waals surface area contributed by atoms with E-state index in [-0.39, 0.29) is 0 Å². The average Bonchev–Trinajstić information content (AvgIpc) is 2.90. The predicted molar refractivity (Wildman–Crippen MR) is 67.6 cm³/mol. The number of nitrogens with zero attached hydrogens (tertiary/aromatic N) is 2. The summed E-state index contributed by atoms with van der Waals surface area (Å²) in [5.41, 5.74) is 0.740. The van der Waals surface area contributed by atoms with E-state index >= 15 is 0 Å². The number of imidazole rings is 1. The van der Waals surface area contributed by atoms with Gasteiger partial charge in [-0.25, -0.2) is 4.98 Å². The van der Waals surface area contributed by atoms with Crippen LogP contribution in [0, 0.1) is 0 Å². The van der Waals surface area contributed by atoms with Gasteiger partial charge < -0.3 is 15.0 Å². The number of aryl methyl sites for hydroxylation is 1. The number of rotatable bonds is 6. The summed E-state index contributed by atoms with van der Waals surface area (Å²) in [4.78, 5) is 4.17. The third kappa shape index (κ3) is 3.30. The van der Waals surface area contributed by atoms with Crippen LogP contribution in [0.25, 0.3) is 0 Å². The second-order valence-corrected chi connectivity index (χ2v) is 5.11. The minimum absolute atomic E-state index is 0.463. The van der Waals surface area contributed by atoms with Crippen LogP contribution in [-0.2, 0) is 13.1 Å². The molecule has 1 aromatic rings. The molecule has 1 aliphatic rings. The first-order valence-corrected chi connectivity index (χ1v) is 6.66. The van der Waals surface area contributed by atoms with Crippen LogP contribution in [0.4, 0.5) is 0 Å². The number of aliphatic hydroxyl groups is 1. The van der Waals surface area contributed by atoms with Gasteiger partial charge in [0.1, 0.15) is 0 Å². The predicted octanol–water partition coefficient (Wildman–Crippen LogP) is 1.69. The molecular weight excluding hydrogens is 214 g/mol. The summed E-state index contributed by atoms with van der Waals surface area (Å²) in [6, 6.07) is 0. The first-order chi connectivity index (χ1) is 8.23. The van der Waals surface area contributed by atoms with E-state index in [2.05, 4.69) is 21.8 Å². The monoisotopic (exact) mass is 237 g/mol. The first kappa shape index (κ1) is 12.6. The summed E-state index contributed by atoms with van der Waals surface area (Å²) in [6.45, 7) is 4.67. The standard InChI is InChI=1S/C13H23N3O/c1-2-7-16-11-15-9-12(16)8-14-10-13(17)5-3-4-6-13/h9,11,14,17H,2-8,10H2,1H3. The molecule has 1 heterocycles. The van der Waals surface area contributed by atoms with E-state index in [0.29, 0.717) is 6.54 Å². The topological polar surface area (TPSA) is 50.1 Å². The maximum atomic E-state index is 10.2. The van der Waals surface area contributed by atoms with Crippen LogP contribution < -0.4 is 5.32 Å². The molecule has 1 aromatic heterocycles. The number of hydrogen-bond donors (Lipinski definition) is 2. The van der Waals surface area contributed by atoms with Crippen molar-refractivity contribution in [1.82, 2.24) is 14.9 Å². The molecule has 2 N–H and O–H groups in total. The Morgan fingerprint density at radius 3 is 2.94 bits per heavy atom. The van der Waals surface area contributed by atoms with Gasteiger partial charge in [-0.15, -0.1) is 0 Å². The van der Waals surface area contributed by atoms with Crippen molar-refractivity contribution >= 4 is 0 Å². The molecule has 0 unspecified atom stereocenters. The SMILES string of the molecule is CCCn1cncc1CNCC1(O)CCCC1. The largest absolute Gasteiger partial charge is 0.389 e. The zero-order chi connectivity index (χ0) is 12.1. The Balaban J connectivity index is 1.79. The molecule has 0 spiro atoms. The second-order valence-electron chi connectivity index (χ2n) is 5.11. The lowest BCUT2D eigenvalue weighted by molar-refractivity contribution is 0.0473. The first-order valence-electron chi connectivity index (χ1n) is 6.66. The molecule has 4 heteroatoms. The highest BCUT2D eigenvalue weighted by Gasteiger charge is 2.30. The van der Waals surface area contributed by atoms with Crippen molar-refractivity contribution < 1.29 is 5.11 Å². The van der Waals surface area contributed by atoms with Gasteiger partial charge in [-0.05, 0) is 19.3 Å². The summed E-state index contributed by atoms with van der Waals surface area (Å²) in [6.07, 6.45) is 9.10. The molecule has 0 amide bonds. The zero-order valence-electron chi connectivity index (χ0n) is 10.7. The van der Waals surface area contributed by atoms with Gasteiger partial charge in [0, 0.05) is 25.8 Å². The molecule has 0 atom stereocenters. The third-order valence-electron chi connectivity index (χ3n) is 3.56. The molecule has 0 saturated heterocycles. The van der Waals surface area contributed by atoms with Crippen LogP contribution in [0.1, 0.15) is 44.7 Å². The summed E-state index contributed by atoms with van der Waals surface area (Å²) in [5, 5.41) is 13.6. The Morgan fingerprint density at radius 2 is 2.24 bits per heavy atom. The van der Waals surface area contributed by atoms with E-state index < -0.39 is 5.60 Å². The lowest BCUT2D eigenvalue weighted by Crippen LogP contribution is -2.37. The molecule has 96 valence electrons. The molecule has 0 bridgehead atoms. The van der Waals surface area contributed by atoms with E-state index in [1.165, 1.54) is 5.69 Å². The van der Waals surface area contributed by atoms with Gasteiger partial charge in [0.25, 0.3) is 0 Å². The Hall–Kier alpha value is -0.870. The fraction of sp³-hybridized carbons (Fsp3) is 0.769. The summed E-state index contributed by atoms with van der Waals surface area (Å²) >= 11 is 0. The van der Waals surface area contributed by atoms with Gasteiger partial charge >= 0.3 is 0 Å². The molecule has 4 nitrogen and oxygen atoms in total. The van der Waals surface area contributed by atoms with Crippen LogP contribution in [0.2, 0.25) is 0 Å². The minimum atomic E-state index is -0.463. The molecule has 1 saturated carbocycles. The lowest BCUT2D eigenvalue weighted by Gasteiger charge is -2.22. The van der Waals surface area contributed by atoms with E-state index in [0.717, 1.165) is 45.2 Å². The van der Waals surface area contributed by atoms with Gasteiger partial charge in [-0.3, -0.25) is 0 Å². The fourth-order valence-corrected chi connectivity index (χ4v) is 2.57. The van der Waals surface area contributed by atoms with Gasteiger partial charge in [0.05, 0.1) is 17.6 Å². The number of hydrogen-bond acceptors (Lipinski definition) is 3. The summed E-state index contributed by atoms with van der Waals surface area (Å²) in [7, 11) is 0. The quantitative estimate of drug-likeness (QED) is 0.791. The molecular formula is C13H23N3O. The maximum Gasteiger partial charge on any atom is 0.0948 e. The highest BCUT2D eigenvalue weighted by Crippen LogP contribution is 2.28. The highest BCUT2D eigenvalue weighted by molar-refractivity contribution is 4.98. The van der Waals surface area contributed by atoms with E-state index in [4.69, 9.17) is 0 Å². The van der Waals surface area contributed by atoms with Crippen molar-refractivity contribution in [3.05, 3.63) is 18.2 Å². The summed E-state index contributed by atoms with van der Waals surface area (Å²) in [5.74, 6) is 0. The molecule has 1 aliphatic carbocycles. The molecule has 0 aliphatic heterocycles. The van der Waals surface area contributed by atoms with Gasteiger partial charge in [0.15, 0.2) is 0 Å². The Labute approximate surface area is 103 Å². The van der Waals surface area contributed by atoms with Gasteiger partial charge in [-0.2, -0.15) is 0 Å². The highest BCUT2D eigenvalue weighted by atomic mass is 16.3. The molecule has 2 rings (SSSR count). The van der Waals surface area contributed by atoms with E-state index in [1.807, 2.05) is 12.5 Å². The van der Waals surface area contributed by atoms with Crippen LogP contribution in [0.5, 0.6) is 0 Å². The third-order valence-corrected chi connectivity index (χ3v) is 3.56. The molecule has 0 radical (unpaired) electrons. The van der Waals surface area contributed by atoms with Crippen LogP contribution in [0.15, 0.2) is 12.5 Å². The molecule has 0 aromatic carbocycles. The molecule has 17 heavy (non-hydrogen) atoms. The van der Waals surface area contributed by atoms with E-state index in [1.54, 1.807) is 0 Å². The Bertz CT molecular complexity index is 342. The Kier molecular flexibility index (Phi) is 4.18. The summed E-state index contributed by atoms with van der Waals surface area (Å²) < 4.78 is 2.17. The zero-order valence-corrected chi connectivity index (χ0v) is 10.7. The van der Waals surface area contributed by atoms with Crippen molar-refractivity contribution in [1.29, 1.82) is 0 Å². The van der Waals surface area contributed by atoms with Gasteiger partial charge in [0.2, 0.25) is 0 Å². The smallest absolute Gasteiger partial charge is 0.0948 e. The average molecular weight is 237 g/mol. The van der Waals surface area contributed by atoms with Crippen molar-refractivity contribution in [2.45, 2.75) is 57.7 Å².